The van der Waals surface area contributed by atoms with Gasteiger partial charge in [-0.2, -0.15) is 5.26 Å². The SMILES string of the molecule is CC(=O)Nc1cc(C#N)cc(CN2CCN(C(=O)CCl)CC2)c1. The number of hydrogen-bond acceptors (Lipinski definition) is 4. The van der Waals surface area contributed by atoms with E-state index in [2.05, 4.69) is 16.3 Å². The Bertz CT molecular complexity index is 633. The first-order valence-electron chi connectivity index (χ1n) is 7.39. The number of rotatable bonds is 4. The Morgan fingerprint density at radius 1 is 1.26 bits per heavy atom. The summed E-state index contributed by atoms with van der Waals surface area (Å²) >= 11 is 5.57. The van der Waals surface area contributed by atoms with Crippen molar-refractivity contribution < 1.29 is 9.59 Å². The number of alkyl halides is 1. The van der Waals surface area contributed by atoms with Gasteiger partial charge in [-0.05, 0) is 23.8 Å². The Morgan fingerprint density at radius 3 is 2.52 bits per heavy atom. The van der Waals surface area contributed by atoms with Gasteiger partial charge in [0.2, 0.25) is 11.8 Å². The fraction of sp³-hybridized carbons (Fsp3) is 0.438. The summed E-state index contributed by atoms with van der Waals surface area (Å²) in [4.78, 5) is 26.7. The number of anilines is 1. The molecule has 0 aromatic heterocycles. The van der Waals surface area contributed by atoms with Crippen LogP contribution < -0.4 is 5.32 Å². The Hall–Kier alpha value is -2.10. The Morgan fingerprint density at radius 2 is 1.96 bits per heavy atom. The number of amides is 2. The lowest BCUT2D eigenvalue weighted by Crippen LogP contribution is -2.48. The molecule has 0 saturated carbocycles. The minimum absolute atomic E-state index is 0.0181. The second-order valence-electron chi connectivity index (χ2n) is 5.50. The molecule has 0 spiro atoms. The maximum atomic E-state index is 11.6. The molecule has 1 aliphatic heterocycles. The van der Waals surface area contributed by atoms with Gasteiger partial charge in [-0.25, -0.2) is 0 Å². The molecule has 2 amide bonds. The van der Waals surface area contributed by atoms with Crippen molar-refractivity contribution in [3.63, 3.8) is 0 Å². The highest BCUT2D eigenvalue weighted by Crippen LogP contribution is 2.17. The zero-order valence-corrected chi connectivity index (χ0v) is 13.8. The molecule has 0 radical (unpaired) electrons. The van der Waals surface area contributed by atoms with Crippen LogP contribution in [0.4, 0.5) is 5.69 Å². The minimum Gasteiger partial charge on any atom is -0.339 e. The van der Waals surface area contributed by atoms with Gasteiger partial charge in [0, 0.05) is 45.3 Å². The van der Waals surface area contributed by atoms with Gasteiger partial charge < -0.3 is 10.2 Å². The summed E-state index contributed by atoms with van der Waals surface area (Å²) in [6, 6.07) is 7.46. The van der Waals surface area contributed by atoms with E-state index in [1.165, 1.54) is 6.92 Å². The number of carbonyl (C=O) groups is 2. The van der Waals surface area contributed by atoms with E-state index in [0.717, 1.165) is 18.7 Å². The summed E-state index contributed by atoms with van der Waals surface area (Å²) in [5, 5.41) is 11.8. The van der Waals surface area contributed by atoms with Crippen molar-refractivity contribution in [2.75, 3.05) is 37.4 Å². The van der Waals surface area contributed by atoms with Crippen molar-refractivity contribution in [3.8, 4) is 6.07 Å². The second kappa shape index (κ2) is 7.95. The van der Waals surface area contributed by atoms with Crippen LogP contribution in [0.5, 0.6) is 0 Å². The summed E-state index contributed by atoms with van der Waals surface area (Å²) in [5.74, 6) is -0.186. The van der Waals surface area contributed by atoms with Crippen LogP contribution in [-0.4, -0.2) is 53.7 Å². The lowest BCUT2D eigenvalue weighted by atomic mass is 10.1. The summed E-state index contributed by atoms with van der Waals surface area (Å²) in [5.41, 5.74) is 2.11. The number of hydrogen-bond donors (Lipinski definition) is 1. The van der Waals surface area contributed by atoms with E-state index in [1.807, 2.05) is 12.1 Å². The molecule has 1 heterocycles. The number of halogens is 1. The predicted molar refractivity (Wildman–Crippen MR) is 88.0 cm³/mol. The predicted octanol–water partition coefficient (Wildman–Crippen LogP) is 1.40. The summed E-state index contributed by atoms with van der Waals surface area (Å²) in [6.45, 7) is 4.94. The average Bonchev–Trinajstić information content (AvgIpc) is 2.54. The van der Waals surface area contributed by atoms with E-state index in [9.17, 15) is 9.59 Å². The first-order chi connectivity index (χ1) is 11.0. The highest BCUT2D eigenvalue weighted by Gasteiger charge is 2.20. The number of nitrogens with one attached hydrogen (secondary N) is 1. The molecule has 0 aliphatic carbocycles. The molecule has 1 aliphatic rings. The van der Waals surface area contributed by atoms with Gasteiger partial charge in [-0.15, -0.1) is 11.6 Å². The zero-order chi connectivity index (χ0) is 16.8. The number of nitriles is 1. The van der Waals surface area contributed by atoms with Crippen LogP contribution in [0.15, 0.2) is 18.2 Å². The maximum absolute atomic E-state index is 11.6. The third-order valence-electron chi connectivity index (χ3n) is 3.69. The van der Waals surface area contributed by atoms with Gasteiger partial charge in [0.15, 0.2) is 0 Å². The molecule has 1 aromatic carbocycles. The van der Waals surface area contributed by atoms with E-state index < -0.39 is 0 Å². The second-order valence-corrected chi connectivity index (χ2v) is 5.77. The number of nitrogens with zero attached hydrogens (tertiary/aromatic N) is 3. The molecule has 7 heteroatoms. The van der Waals surface area contributed by atoms with Crippen LogP contribution >= 0.6 is 11.6 Å². The standard InChI is InChI=1S/C16H19ClN4O2/c1-12(22)19-15-7-13(10-18)6-14(8-15)11-20-2-4-21(5-3-20)16(23)9-17/h6-8H,2-5,9,11H2,1H3,(H,19,22). The minimum atomic E-state index is -0.167. The molecule has 6 nitrogen and oxygen atoms in total. The molecule has 0 atom stereocenters. The van der Waals surface area contributed by atoms with E-state index in [-0.39, 0.29) is 17.7 Å². The van der Waals surface area contributed by atoms with Crippen LogP contribution in [0, 0.1) is 11.3 Å². The normalized spacial score (nSPS) is 15.1. The molecule has 1 fully saturated rings. The van der Waals surface area contributed by atoms with Crippen molar-refractivity contribution in [1.82, 2.24) is 9.80 Å². The first-order valence-corrected chi connectivity index (χ1v) is 7.93. The van der Waals surface area contributed by atoms with E-state index in [0.29, 0.717) is 30.9 Å². The fourth-order valence-electron chi connectivity index (χ4n) is 2.62. The topological polar surface area (TPSA) is 76.4 Å². The smallest absolute Gasteiger partial charge is 0.237 e. The van der Waals surface area contributed by atoms with Gasteiger partial charge >= 0.3 is 0 Å². The third-order valence-corrected chi connectivity index (χ3v) is 3.92. The summed E-state index contributed by atoms with van der Waals surface area (Å²) in [6.07, 6.45) is 0. The van der Waals surface area contributed by atoms with Crippen LogP contribution in [-0.2, 0) is 16.1 Å². The van der Waals surface area contributed by atoms with Gasteiger partial charge in [0.25, 0.3) is 0 Å². The molecule has 1 aromatic rings. The fourth-order valence-corrected chi connectivity index (χ4v) is 2.79. The van der Waals surface area contributed by atoms with Gasteiger partial charge in [0.1, 0.15) is 5.88 Å². The molecule has 2 rings (SSSR count). The lowest BCUT2D eigenvalue weighted by molar-refractivity contribution is -0.130. The Labute approximate surface area is 140 Å². The van der Waals surface area contributed by atoms with Crippen molar-refractivity contribution >= 4 is 29.1 Å². The van der Waals surface area contributed by atoms with Crippen molar-refractivity contribution in [2.45, 2.75) is 13.5 Å². The number of benzene rings is 1. The van der Waals surface area contributed by atoms with Gasteiger partial charge in [-0.3, -0.25) is 14.5 Å². The van der Waals surface area contributed by atoms with Gasteiger partial charge in [0.05, 0.1) is 11.6 Å². The first kappa shape index (κ1) is 17.3. The average molecular weight is 335 g/mol. The van der Waals surface area contributed by atoms with Crippen LogP contribution in [0.25, 0.3) is 0 Å². The monoisotopic (exact) mass is 334 g/mol. The van der Waals surface area contributed by atoms with Crippen LogP contribution in [0.3, 0.4) is 0 Å². The van der Waals surface area contributed by atoms with Crippen molar-refractivity contribution in [3.05, 3.63) is 29.3 Å². The molecule has 0 unspecified atom stereocenters. The number of piperazine rings is 1. The Balaban J connectivity index is 2.02. The van der Waals surface area contributed by atoms with Crippen molar-refractivity contribution in [1.29, 1.82) is 5.26 Å². The molecular formula is C16H19ClN4O2. The van der Waals surface area contributed by atoms with Crippen LogP contribution in [0.2, 0.25) is 0 Å². The molecule has 122 valence electrons. The largest absolute Gasteiger partial charge is 0.339 e. The molecule has 0 bridgehead atoms. The third kappa shape index (κ3) is 4.95. The Kier molecular flexibility index (Phi) is 5.97. The van der Waals surface area contributed by atoms with E-state index >= 15 is 0 Å². The molecule has 1 N–H and O–H groups in total. The van der Waals surface area contributed by atoms with E-state index in [1.54, 1.807) is 11.0 Å². The van der Waals surface area contributed by atoms with E-state index in [4.69, 9.17) is 16.9 Å². The molecular weight excluding hydrogens is 316 g/mol. The maximum Gasteiger partial charge on any atom is 0.237 e. The summed E-state index contributed by atoms with van der Waals surface area (Å²) in [7, 11) is 0. The lowest BCUT2D eigenvalue weighted by Gasteiger charge is -2.34. The molecule has 23 heavy (non-hydrogen) atoms. The van der Waals surface area contributed by atoms with Crippen LogP contribution in [0.1, 0.15) is 18.1 Å². The molecule has 1 saturated heterocycles. The van der Waals surface area contributed by atoms with Gasteiger partial charge in [-0.1, -0.05) is 0 Å². The quantitative estimate of drug-likeness (QED) is 0.844. The summed E-state index contributed by atoms with van der Waals surface area (Å²) < 4.78 is 0. The highest BCUT2D eigenvalue weighted by molar-refractivity contribution is 6.27. The highest BCUT2D eigenvalue weighted by atomic mass is 35.5. The van der Waals surface area contributed by atoms with Crippen molar-refractivity contribution in [2.24, 2.45) is 0 Å². The zero-order valence-electron chi connectivity index (χ0n) is 13.0. The number of carbonyl (C=O) groups excluding carboxylic acids is 2.